The van der Waals surface area contributed by atoms with E-state index in [0.717, 1.165) is 12.1 Å². The van der Waals surface area contributed by atoms with Gasteiger partial charge in [-0.3, -0.25) is 4.79 Å². The number of ether oxygens (including phenoxy) is 1. The van der Waals surface area contributed by atoms with Gasteiger partial charge in [0.1, 0.15) is 5.82 Å². The molecule has 0 fully saturated rings. The standard InChI is InChI=1S/C12H8F2O3/c13-8-3-4-11(9(14)6-8)17-7-10(15)12-2-1-5-16-12/h1-6H,7H2. The third-order valence-corrected chi connectivity index (χ3v) is 2.05. The maximum atomic E-state index is 13.1. The van der Waals surface area contributed by atoms with Crippen molar-refractivity contribution < 1.29 is 22.7 Å². The van der Waals surface area contributed by atoms with Gasteiger partial charge in [-0.2, -0.15) is 0 Å². The Morgan fingerprint density at radius 1 is 1.29 bits per heavy atom. The molecule has 1 heterocycles. The van der Waals surface area contributed by atoms with Crippen LogP contribution in [-0.4, -0.2) is 12.4 Å². The molecular formula is C12H8F2O3. The van der Waals surface area contributed by atoms with Crippen LogP contribution < -0.4 is 4.74 Å². The predicted octanol–water partition coefficient (Wildman–Crippen LogP) is 2.82. The first-order valence-corrected chi connectivity index (χ1v) is 4.81. The van der Waals surface area contributed by atoms with Gasteiger partial charge in [0.2, 0.25) is 5.78 Å². The van der Waals surface area contributed by atoms with Gasteiger partial charge in [-0.05, 0) is 24.3 Å². The molecule has 0 saturated heterocycles. The summed E-state index contributed by atoms with van der Waals surface area (Å²) in [5.41, 5.74) is 0. The Kier molecular flexibility index (Phi) is 3.18. The van der Waals surface area contributed by atoms with E-state index in [1.54, 1.807) is 6.07 Å². The van der Waals surface area contributed by atoms with Gasteiger partial charge in [0.05, 0.1) is 6.26 Å². The minimum absolute atomic E-state index is 0.132. The summed E-state index contributed by atoms with van der Waals surface area (Å²) < 4.78 is 35.5. The summed E-state index contributed by atoms with van der Waals surface area (Å²) in [6.45, 7) is -0.365. The Hall–Kier alpha value is -2.17. The molecule has 0 atom stereocenters. The molecule has 0 amide bonds. The van der Waals surface area contributed by atoms with Gasteiger partial charge in [0.15, 0.2) is 23.9 Å². The van der Waals surface area contributed by atoms with Crippen LogP contribution >= 0.6 is 0 Å². The van der Waals surface area contributed by atoms with E-state index in [0.29, 0.717) is 6.07 Å². The van der Waals surface area contributed by atoms with Crippen LogP contribution in [0.15, 0.2) is 41.0 Å². The molecule has 0 bridgehead atoms. The Balaban J connectivity index is 2.01. The Bertz CT molecular complexity index is 521. The van der Waals surface area contributed by atoms with Crippen molar-refractivity contribution in [2.24, 2.45) is 0 Å². The lowest BCUT2D eigenvalue weighted by Gasteiger charge is -2.05. The minimum Gasteiger partial charge on any atom is -0.482 e. The Morgan fingerprint density at radius 3 is 2.76 bits per heavy atom. The highest BCUT2D eigenvalue weighted by Crippen LogP contribution is 2.17. The number of ketones is 1. The van der Waals surface area contributed by atoms with Crippen LogP contribution in [0.2, 0.25) is 0 Å². The fourth-order valence-corrected chi connectivity index (χ4v) is 1.24. The second-order valence-corrected chi connectivity index (χ2v) is 3.26. The van der Waals surface area contributed by atoms with E-state index in [1.807, 2.05) is 0 Å². The lowest BCUT2D eigenvalue weighted by Crippen LogP contribution is -2.11. The van der Waals surface area contributed by atoms with Crippen LogP contribution in [0, 0.1) is 11.6 Å². The van der Waals surface area contributed by atoms with E-state index in [9.17, 15) is 13.6 Å². The molecule has 0 radical (unpaired) electrons. The van der Waals surface area contributed by atoms with Crippen LogP contribution in [0.1, 0.15) is 10.6 Å². The zero-order chi connectivity index (χ0) is 12.3. The first kappa shape index (κ1) is 11.3. The largest absolute Gasteiger partial charge is 0.482 e. The first-order valence-electron chi connectivity index (χ1n) is 4.81. The second-order valence-electron chi connectivity index (χ2n) is 3.26. The highest BCUT2D eigenvalue weighted by Gasteiger charge is 2.11. The molecule has 17 heavy (non-hydrogen) atoms. The molecule has 88 valence electrons. The third-order valence-electron chi connectivity index (χ3n) is 2.05. The summed E-state index contributed by atoms with van der Waals surface area (Å²) in [6.07, 6.45) is 1.35. The van der Waals surface area contributed by atoms with E-state index >= 15 is 0 Å². The average molecular weight is 238 g/mol. The average Bonchev–Trinajstić information content (AvgIpc) is 2.81. The van der Waals surface area contributed by atoms with Crippen molar-refractivity contribution in [2.75, 3.05) is 6.61 Å². The lowest BCUT2D eigenvalue weighted by atomic mass is 10.3. The van der Waals surface area contributed by atoms with Gasteiger partial charge < -0.3 is 9.15 Å². The molecule has 1 aromatic carbocycles. The number of rotatable bonds is 4. The fourth-order valence-electron chi connectivity index (χ4n) is 1.24. The molecule has 0 aliphatic heterocycles. The molecule has 0 unspecified atom stereocenters. The fraction of sp³-hybridized carbons (Fsp3) is 0.0833. The molecule has 0 aliphatic carbocycles. The molecule has 3 nitrogen and oxygen atoms in total. The van der Waals surface area contributed by atoms with Crippen LogP contribution in [0.25, 0.3) is 0 Å². The van der Waals surface area contributed by atoms with Crippen molar-refractivity contribution in [3.05, 3.63) is 54.0 Å². The van der Waals surface area contributed by atoms with Crippen molar-refractivity contribution in [1.29, 1.82) is 0 Å². The summed E-state index contributed by atoms with van der Waals surface area (Å²) in [6, 6.07) is 5.90. The molecular weight excluding hydrogens is 230 g/mol. The SMILES string of the molecule is O=C(COc1ccc(F)cc1F)c1ccco1. The van der Waals surface area contributed by atoms with Crippen molar-refractivity contribution in [2.45, 2.75) is 0 Å². The number of hydrogen-bond acceptors (Lipinski definition) is 3. The van der Waals surface area contributed by atoms with E-state index in [-0.39, 0.29) is 18.1 Å². The maximum absolute atomic E-state index is 13.1. The number of carbonyl (C=O) groups is 1. The van der Waals surface area contributed by atoms with Crippen LogP contribution in [0.5, 0.6) is 5.75 Å². The summed E-state index contributed by atoms with van der Waals surface area (Å²) in [4.78, 5) is 11.4. The van der Waals surface area contributed by atoms with E-state index in [1.165, 1.54) is 12.3 Å². The summed E-state index contributed by atoms with van der Waals surface area (Å²) in [7, 11) is 0. The van der Waals surface area contributed by atoms with Crippen LogP contribution in [0.4, 0.5) is 8.78 Å². The number of carbonyl (C=O) groups excluding carboxylic acids is 1. The number of furan rings is 1. The minimum atomic E-state index is -0.850. The highest BCUT2D eigenvalue weighted by molar-refractivity contribution is 5.94. The monoisotopic (exact) mass is 238 g/mol. The molecule has 2 rings (SSSR count). The van der Waals surface area contributed by atoms with E-state index in [2.05, 4.69) is 0 Å². The smallest absolute Gasteiger partial charge is 0.235 e. The number of hydrogen-bond donors (Lipinski definition) is 0. The van der Waals surface area contributed by atoms with E-state index < -0.39 is 17.4 Å². The van der Waals surface area contributed by atoms with Crippen LogP contribution in [-0.2, 0) is 0 Å². The van der Waals surface area contributed by atoms with E-state index in [4.69, 9.17) is 9.15 Å². The number of halogens is 2. The zero-order valence-corrected chi connectivity index (χ0v) is 8.65. The Labute approximate surface area is 95.6 Å². The van der Waals surface area contributed by atoms with Crippen molar-refractivity contribution in [1.82, 2.24) is 0 Å². The molecule has 5 heteroatoms. The molecule has 0 spiro atoms. The summed E-state index contributed by atoms with van der Waals surface area (Å²) in [5.74, 6) is -2.01. The van der Waals surface area contributed by atoms with Crippen molar-refractivity contribution in [3.8, 4) is 5.75 Å². The second kappa shape index (κ2) is 4.78. The van der Waals surface area contributed by atoms with Gasteiger partial charge in [0, 0.05) is 6.07 Å². The molecule has 0 saturated carbocycles. The van der Waals surface area contributed by atoms with Gasteiger partial charge in [-0.15, -0.1) is 0 Å². The summed E-state index contributed by atoms with van der Waals surface area (Å²) >= 11 is 0. The van der Waals surface area contributed by atoms with Gasteiger partial charge in [-0.1, -0.05) is 0 Å². The highest BCUT2D eigenvalue weighted by atomic mass is 19.1. The first-order chi connectivity index (χ1) is 8.16. The normalized spacial score (nSPS) is 10.2. The molecule has 1 aromatic heterocycles. The zero-order valence-electron chi connectivity index (χ0n) is 8.65. The third kappa shape index (κ3) is 2.69. The number of benzene rings is 1. The topological polar surface area (TPSA) is 39.4 Å². The van der Waals surface area contributed by atoms with Crippen molar-refractivity contribution >= 4 is 5.78 Å². The Morgan fingerprint density at radius 2 is 2.12 bits per heavy atom. The molecule has 0 N–H and O–H groups in total. The van der Waals surface area contributed by atoms with Gasteiger partial charge >= 0.3 is 0 Å². The molecule has 2 aromatic rings. The van der Waals surface area contributed by atoms with Crippen molar-refractivity contribution in [3.63, 3.8) is 0 Å². The van der Waals surface area contributed by atoms with Gasteiger partial charge in [0.25, 0.3) is 0 Å². The van der Waals surface area contributed by atoms with Gasteiger partial charge in [-0.25, -0.2) is 8.78 Å². The lowest BCUT2D eigenvalue weighted by molar-refractivity contribution is 0.0891. The quantitative estimate of drug-likeness (QED) is 0.769. The molecule has 0 aliphatic rings. The van der Waals surface area contributed by atoms with Crippen LogP contribution in [0.3, 0.4) is 0 Å². The summed E-state index contributed by atoms with van der Waals surface area (Å²) in [5, 5.41) is 0. The maximum Gasteiger partial charge on any atom is 0.235 e. The number of Topliss-reactive ketones (excluding diaryl/α,β-unsaturated/α-hetero) is 1. The predicted molar refractivity (Wildman–Crippen MR) is 54.9 cm³/mol.